The van der Waals surface area contributed by atoms with Gasteiger partial charge in [0.2, 0.25) is 5.88 Å². The first-order chi connectivity index (χ1) is 6.63. The first-order valence-corrected chi connectivity index (χ1v) is 4.87. The summed E-state index contributed by atoms with van der Waals surface area (Å²) in [6.07, 6.45) is 0. The number of aromatic nitrogens is 1. The summed E-state index contributed by atoms with van der Waals surface area (Å²) >= 11 is 0. The van der Waals surface area contributed by atoms with Gasteiger partial charge in [0.05, 0.1) is 7.11 Å². The van der Waals surface area contributed by atoms with E-state index in [9.17, 15) is 0 Å². The van der Waals surface area contributed by atoms with E-state index in [1.54, 1.807) is 7.11 Å². The van der Waals surface area contributed by atoms with Crippen molar-refractivity contribution < 1.29 is 4.74 Å². The SMILES string of the molecule is COc1ccc(CNC(C)C)c(C)n1. The van der Waals surface area contributed by atoms with Crippen molar-refractivity contribution in [1.29, 1.82) is 0 Å². The van der Waals surface area contributed by atoms with Crippen LogP contribution in [0.2, 0.25) is 0 Å². The van der Waals surface area contributed by atoms with E-state index >= 15 is 0 Å². The van der Waals surface area contributed by atoms with Gasteiger partial charge in [0, 0.05) is 24.3 Å². The van der Waals surface area contributed by atoms with Crippen LogP contribution in [-0.4, -0.2) is 18.1 Å². The number of hydrogen-bond acceptors (Lipinski definition) is 3. The molecule has 0 radical (unpaired) electrons. The molecule has 0 fully saturated rings. The lowest BCUT2D eigenvalue weighted by Gasteiger charge is -2.10. The number of ether oxygens (including phenoxy) is 1. The summed E-state index contributed by atoms with van der Waals surface area (Å²) in [7, 11) is 1.63. The van der Waals surface area contributed by atoms with E-state index in [1.165, 1.54) is 5.56 Å². The molecule has 14 heavy (non-hydrogen) atoms. The van der Waals surface area contributed by atoms with Gasteiger partial charge >= 0.3 is 0 Å². The van der Waals surface area contributed by atoms with E-state index < -0.39 is 0 Å². The van der Waals surface area contributed by atoms with Gasteiger partial charge in [-0.25, -0.2) is 4.98 Å². The number of nitrogens with zero attached hydrogens (tertiary/aromatic N) is 1. The van der Waals surface area contributed by atoms with Crippen molar-refractivity contribution in [1.82, 2.24) is 10.3 Å². The fraction of sp³-hybridized carbons (Fsp3) is 0.545. The van der Waals surface area contributed by atoms with Crippen LogP contribution in [0, 0.1) is 6.92 Å². The largest absolute Gasteiger partial charge is 0.481 e. The molecule has 0 aliphatic rings. The van der Waals surface area contributed by atoms with Crippen LogP contribution in [0.25, 0.3) is 0 Å². The Balaban J connectivity index is 2.69. The van der Waals surface area contributed by atoms with E-state index in [0.717, 1.165) is 12.2 Å². The smallest absolute Gasteiger partial charge is 0.213 e. The zero-order valence-electron chi connectivity index (χ0n) is 9.29. The summed E-state index contributed by atoms with van der Waals surface area (Å²) in [5.74, 6) is 0.677. The van der Waals surface area contributed by atoms with Gasteiger partial charge in [0.15, 0.2) is 0 Å². The molecule has 1 aromatic heterocycles. The fourth-order valence-corrected chi connectivity index (χ4v) is 1.18. The molecule has 0 amide bonds. The first kappa shape index (κ1) is 11.0. The van der Waals surface area contributed by atoms with Crippen LogP contribution in [0.1, 0.15) is 25.1 Å². The Morgan fingerprint density at radius 1 is 1.43 bits per heavy atom. The van der Waals surface area contributed by atoms with Gasteiger partial charge in [-0.05, 0) is 12.5 Å². The zero-order chi connectivity index (χ0) is 10.6. The van der Waals surface area contributed by atoms with Gasteiger partial charge in [-0.2, -0.15) is 0 Å². The quantitative estimate of drug-likeness (QED) is 0.795. The van der Waals surface area contributed by atoms with E-state index in [0.29, 0.717) is 11.9 Å². The van der Waals surface area contributed by atoms with Gasteiger partial charge < -0.3 is 10.1 Å². The Hall–Kier alpha value is -1.09. The lowest BCUT2D eigenvalue weighted by molar-refractivity contribution is 0.396. The molecule has 0 aliphatic carbocycles. The number of methoxy groups -OCH3 is 1. The second-order valence-electron chi connectivity index (χ2n) is 3.63. The van der Waals surface area contributed by atoms with E-state index in [2.05, 4.69) is 30.2 Å². The molecule has 3 heteroatoms. The second-order valence-corrected chi connectivity index (χ2v) is 3.63. The third-order valence-corrected chi connectivity index (χ3v) is 2.08. The lowest BCUT2D eigenvalue weighted by atomic mass is 10.2. The van der Waals surface area contributed by atoms with E-state index in [-0.39, 0.29) is 0 Å². The number of rotatable bonds is 4. The molecule has 0 unspecified atom stereocenters. The molecule has 78 valence electrons. The number of pyridine rings is 1. The van der Waals surface area contributed by atoms with Crippen LogP contribution in [-0.2, 0) is 6.54 Å². The summed E-state index contributed by atoms with van der Waals surface area (Å²) < 4.78 is 5.04. The van der Waals surface area contributed by atoms with Crippen molar-refractivity contribution in [2.45, 2.75) is 33.4 Å². The van der Waals surface area contributed by atoms with Crippen molar-refractivity contribution in [2.75, 3.05) is 7.11 Å². The Kier molecular flexibility index (Phi) is 3.89. The van der Waals surface area contributed by atoms with Crippen LogP contribution in [0.5, 0.6) is 5.88 Å². The van der Waals surface area contributed by atoms with Crippen LogP contribution < -0.4 is 10.1 Å². The van der Waals surface area contributed by atoms with E-state index in [4.69, 9.17) is 4.74 Å². The molecule has 1 N–H and O–H groups in total. The van der Waals surface area contributed by atoms with Crippen LogP contribution in [0.4, 0.5) is 0 Å². The average Bonchev–Trinajstić information content (AvgIpc) is 2.15. The third-order valence-electron chi connectivity index (χ3n) is 2.08. The molecule has 1 aromatic rings. The van der Waals surface area contributed by atoms with Gasteiger partial charge in [-0.15, -0.1) is 0 Å². The van der Waals surface area contributed by atoms with Gasteiger partial charge in [-0.1, -0.05) is 19.9 Å². The summed E-state index contributed by atoms with van der Waals surface area (Å²) in [5, 5.41) is 3.36. The van der Waals surface area contributed by atoms with Crippen molar-refractivity contribution >= 4 is 0 Å². The molecular formula is C11H18N2O. The highest BCUT2D eigenvalue weighted by molar-refractivity contribution is 5.24. The monoisotopic (exact) mass is 194 g/mol. The van der Waals surface area contributed by atoms with Crippen molar-refractivity contribution in [2.24, 2.45) is 0 Å². The maximum atomic E-state index is 5.04. The van der Waals surface area contributed by atoms with Crippen molar-refractivity contribution in [3.05, 3.63) is 23.4 Å². The average molecular weight is 194 g/mol. The number of hydrogen-bond donors (Lipinski definition) is 1. The molecule has 0 saturated heterocycles. The molecule has 0 spiro atoms. The lowest BCUT2D eigenvalue weighted by Crippen LogP contribution is -2.22. The number of nitrogens with one attached hydrogen (secondary N) is 1. The molecule has 0 saturated carbocycles. The van der Waals surface area contributed by atoms with Crippen LogP contribution >= 0.6 is 0 Å². The number of aryl methyl sites for hydroxylation is 1. The highest BCUT2D eigenvalue weighted by atomic mass is 16.5. The topological polar surface area (TPSA) is 34.1 Å². The Labute approximate surface area is 85.5 Å². The molecule has 3 nitrogen and oxygen atoms in total. The van der Waals surface area contributed by atoms with Crippen molar-refractivity contribution in [3.63, 3.8) is 0 Å². The molecule has 0 aromatic carbocycles. The molecule has 0 atom stereocenters. The molecule has 0 aliphatic heterocycles. The van der Waals surface area contributed by atoms with Crippen LogP contribution in [0.15, 0.2) is 12.1 Å². The predicted octanol–water partition coefficient (Wildman–Crippen LogP) is 1.90. The summed E-state index contributed by atoms with van der Waals surface area (Å²) in [6.45, 7) is 7.12. The van der Waals surface area contributed by atoms with E-state index in [1.807, 2.05) is 13.0 Å². The fourth-order valence-electron chi connectivity index (χ4n) is 1.18. The Bertz CT molecular complexity index is 297. The second kappa shape index (κ2) is 4.96. The standard InChI is InChI=1S/C11H18N2O/c1-8(2)12-7-10-5-6-11(14-4)13-9(10)3/h5-6,8,12H,7H2,1-4H3. The highest BCUT2D eigenvalue weighted by Gasteiger charge is 2.02. The Morgan fingerprint density at radius 3 is 2.64 bits per heavy atom. The highest BCUT2D eigenvalue weighted by Crippen LogP contribution is 2.11. The molecule has 1 heterocycles. The molecular weight excluding hydrogens is 176 g/mol. The summed E-state index contributed by atoms with van der Waals surface area (Å²) in [5.41, 5.74) is 2.25. The van der Waals surface area contributed by atoms with Gasteiger partial charge in [0.1, 0.15) is 0 Å². The van der Waals surface area contributed by atoms with Gasteiger partial charge in [0.25, 0.3) is 0 Å². The molecule has 1 rings (SSSR count). The first-order valence-electron chi connectivity index (χ1n) is 4.87. The molecule has 0 bridgehead atoms. The minimum Gasteiger partial charge on any atom is -0.481 e. The third kappa shape index (κ3) is 3.00. The summed E-state index contributed by atoms with van der Waals surface area (Å²) in [6, 6.07) is 4.44. The van der Waals surface area contributed by atoms with Crippen molar-refractivity contribution in [3.8, 4) is 5.88 Å². The zero-order valence-corrected chi connectivity index (χ0v) is 9.29. The van der Waals surface area contributed by atoms with Gasteiger partial charge in [-0.3, -0.25) is 0 Å². The maximum Gasteiger partial charge on any atom is 0.213 e. The Morgan fingerprint density at radius 2 is 2.14 bits per heavy atom. The predicted molar refractivity (Wildman–Crippen MR) is 57.5 cm³/mol. The van der Waals surface area contributed by atoms with Crippen LogP contribution in [0.3, 0.4) is 0 Å². The normalized spacial score (nSPS) is 10.6. The minimum atomic E-state index is 0.497. The maximum absolute atomic E-state index is 5.04. The summed E-state index contributed by atoms with van der Waals surface area (Å²) in [4.78, 5) is 4.31. The minimum absolute atomic E-state index is 0.497.